The van der Waals surface area contributed by atoms with E-state index in [2.05, 4.69) is 10.3 Å². The van der Waals surface area contributed by atoms with Crippen molar-refractivity contribution in [2.45, 2.75) is 19.9 Å². The summed E-state index contributed by atoms with van der Waals surface area (Å²) in [5.74, 6) is -1.10. The maximum atomic E-state index is 12.6. The lowest BCUT2D eigenvalue weighted by Gasteiger charge is -2.13. The van der Waals surface area contributed by atoms with E-state index in [1.807, 2.05) is 61.5 Å². The number of carbonyl (C=O) groups excluding carboxylic acids is 2. The highest BCUT2D eigenvalue weighted by molar-refractivity contribution is 6.45. The van der Waals surface area contributed by atoms with Crippen molar-refractivity contribution in [2.75, 3.05) is 0 Å². The Balaban J connectivity index is 1.85. The highest BCUT2D eigenvalue weighted by atomic mass is 16.2. The van der Waals surface area contributed by atoms with Crippen molar-refractivity contribution in [3.63, 3.8) is 0 Å². The average Bonchev–Trinajstić information content (AvgIpc) is 2.90. The minimum atomic E-state index is -0.589. The first-order chi connectivity index (χ1) is 11.1. The lowest BCUT2D eigenvalue weighted by Crippen LogP contribution is -2.33. The number of para-hydroxylation sites is 1. The second-order valence-corrected chi connectivity index (χ2v) is 5.61. The number of aromatic amines is 1. The number of rotatable bonds is 4. The van der Waals surface area contributed by atoms with Crippen LogP contribution < -0.4 is 5.32 Å². The molecule has 0 spiro atoms. The minimum absolute atomic E-state index is 0.224. The molecule has 3 aromatic rings. The van der Waals surface area contributed by atoms with Crippen molar-refractivity contribution in [1.82, 2.24) is 10.3 Å². The van der Waals surface area contributed by atoms with Crippen LogP contribution in [-0.4, -0.2) is 16.7 Å². The normalized spacial score (nSPS) is 12.1. The van der Waals surface area contributed by atoms with Gasteiger partial charge in [-0.2, -0.15) is 0 Å². The van der Waals surface area contributed by atoms with Gasteiger partial charge in [0, 0.05) is 16.6 Å². The number of H-pyrrole nitrogens is 1. The van der Waals surface area contributed by atoms with Gasteiger partial charge in [0.05, 0.1) is 11.6 Å². The molecule has 116 valence electrons. The molecule has 0 saturated carbocycles. The standard InChI is InChI=1S/C19H18N2O2/c1-12(14-8-4-3-5-9-14)21-19(23)18(22)17-13(2)20-16-11-7-6-10-15(16)17/h3-12,20H,1-2H3,(H,21,23)/t12-/m0/s1. The van der Waals surface area contributed by atoms with Gasteiger partial charge in [-0.3, -0.25) is 9.59 Å². The Kier molecular flexibility index (Phi) is 3.98. The fourth-order valence-electron chi connectivity index (χ4n) is 2.77. The number of hydrogen-bond donors (Lipinski definition) is 2. The highest BCUT2D eigenvalue weighted by Crippen LogP contribution is 2.22. The van der Waals surface area contributed by atoms with E-state index in [1.54, 1.807) is 6.92 Å². The summed E-state index contributed by atoms with van der Waals surface area (Å²) in [5.41, 5.74) is 2.97. The van der Waals surface area contributed by atoms with E-state index < -0.39 is 11.7 Å². The Morgan fingerprint density at radius 3 is 2.39 bits per heavy atom. The van der Waals surface area contributed by atoms with Crippen molar-refractivity contribution in [2.24, 2.45) is 0 Å². The van der Waals surface area contributed by atoms with Crippen LogP contribution in [0.2, 0.25) is 0 Å². The molecule has 0 unspecified atom stereocenters. The third kappa shape index (κ3) is 2.88. The topological polar surface area (TPSA) is 62.0 Å². The van der Waals surface area contributed by atoms with Crippen LogP contribution in [0.3, 0.4) is 0 Å². The molecule has 4 heteroatoms. The fourth-order valence-corrected chi connectivity index (χ4v) is 2.77. The molecule has 0 aliphatic carbocycles. The predicted octanol–water partition coefficient (Wildman–Crippen LogP) is 3.54. The Labute approximate surface area is 134 Å². The summed E-state index contributed by atoms with van der Waals surface area (Å²) in [5, 5.41) is 3.55. The Bertz CT molecular complexity index is 865. The number of carbonyl (C=O) groups is 2. The molecule has 0 radical (unpaired) electrons. The van der Waals surface area contributed by atoms with Crippen LogP contribution in [-0.2, 0) is 4.79 Å². The summed E-state index contributed by atoms with van der Waals surface area (Å²) in [7, 11) is 0. The van der Waals surface area contributed by atoms with Crippen LogP contribution in [0.5, 0.6) is 0 Å². The first kappa shape index (κ1) is 15.0. The number of Topliss-reactive ketones (excluding diaryl/α,β-unsaturated/α-hetero) is 1. The number of aryl methyl sites for hydroxylation is 1. The second kappa shape index (κ2) is 6.08. The Morgan fingerprint density at radius 1 is 1.00 bits per heavy atom. The number of hydrogen-bond acceptors (Lipinski definition) is 2. The Hall–Kier alpha value is -2.88. The third-order valence-corrected chi connectivity index (χ3v) is 3.97. The molecular weight excluding hydrogens is 288 g/mol. The molecule has 4 nitrogen and oxygen atoms in total. The van der Waals surface area contributed by atoms with E-state index in [1.165, 1.54) is 0 Å². The van der Waals surface area contributed by atoms with Crippen molar-refractivity contribution in [1.29, 1.82) is 0 Å². The van der Waals surface area contributed by atoms with Gasteiger partial charge in [0.25, 0.3) is 11.7 Å². The van der Waals surface area contributed by atoms with Gasteiger partial charge in [-0.25, -0.2) is 0 Å². The Morgan fingerprint density at radius 2 is 1.65 bits per heavy atom. The van der Waals surface area contributed by atoms with E-state index in [0.717, 1.165) is 16.5 Å². The molecule has 0 bridgehead atoms. The second-order valence-electron chi connectivity index (χ2n) is 5.61. The lowest BCUT2D eigenvalue weighted by atomic mass is 10.0. The van der Waals surface area contributed by atoms with Gasteiger partial charge in [0.1, 0.15) is 0 Å². The number of nitrogens with one attached hydrogen (secondary N) is 2. The quantitative estimate of drug-likeness (QED) is 0.572. The first-order valence-electron chi connectivity index (χ1n) is 7.55. The van der Waals surface area contributed by atoms with Crippen molar-refractivity contribution in [3.8, 4) is 0 Å². The average molecular weight is 306 g/mol. The van der Waals surface area contributed by atoms with Crippen molar-refractivity contribution in [3.05, 3.63) is 71.4 Å². The molecule has 0 fully saturated rings. The first-order valence-corrected chi connectivity index (χ1v) is 7.55. The van der Waals surface area contributed by atoms with Crippen LogP contribution in [0.4, 0.5) is 0 Å². The van der Waals surface area contributed by atoms with E-state index in [9.17, 15) is 9.59 Å². The summed E-state index contributed by atoms with van der Waals surface area (Å²) in [6.45, 7) is 3.67. The van der Waals surface area contributed by atoms with Crippen molar-refractivity contribution >= 4 is 22.6 Å². The molecular formula is C19H18N2O2. The zero-order valence-electron chi connectivity index (χ0n) is 13.1. The van der Waals surface area contributed by atoms with E-state index in [4.69, 9.17) is 0 Å². The molecule has 2 aromatic carbocycles. The number of ketones is 1. The van der Waals surface area contributed by atoms with Crippen molar-refractivity contribution < 1.29 is 9.59 Å². The molecule has 0 aliphatic heterocycles. The van der Waals surface area contributed by atoms with Crippen LogP contribution in [0.1, 0.15) is 34.6 Å². The van der Waals surface area contributed by atoms with E-state index in [-0.39, 0.29) is 6.04 Å². The number of aromatic nitrogens is 1. The summed E-state index contributed by atoms with van der Waals surface area (Å²) in [4.78, 5) is 28.1. The molecule has 1 amide bonds. The summed E-state index contributed by atoms with van der Waals surface area (Å²) in [6.07, 6.45) is 0. The molecule has 0 aliphatic rings. The van der Waals surface area contributed by atoms with Crippen LogP contribution >= 0.6 is 0 Å². The third-order valence-electron chi connectivity index (χ3n) is 3.97. The predicted molar refractivity (Wildman–Crippen MR) is 90.4 cm³/mol. The van der Waals surface area contributed by atoms with Gasteiger partial charge in [-0.1, -0.05) is 48.5 Å². The van der Waals surface area contributed by atoms with Gasteiger partial charge in [0.15, 0.2) is 0 Å². The number of fused-ring (bicyclic) bond motifs is 1. The van der Waals surface area contributed by atoms with E-state index >= 15 is 0 Å². The number of benzene rings is 2. The maximum absolute atomic E-state index is 12.6. The largest absolute Gasteiger partial charge is 0.358 e. The van der Waals surface area contributed by atoms with Gasteiger partial charge in [-0.15, -0.1) is 0 Å². The minimum Gasteiger partial charge on any atom is -0.358 e. The zero-order valence-corrected chi connectivity index (χ0v) is 13.1. The van der Waals surface area contributed by atoms with Crippen LogP contribution in [0.25, 0.3) is 10.9 Å². The monoisotopic (exact) mass is 306 g/mol. The molecule has 1 aromatic heterocycles. The molecule has 23 heavy (non-hydrogen) atoms. The maximum Gasteiger partial charge on any atom is 0.292 e. The SMILES string of the molecule is Cc1[nH]c2ccccc2c1C(=O)C(=O)N[C@@H](C)c1ccccc1. The lowest BCUT2D eigenvalue weighted by molar-refractivity contribution is -0.117. The van der Waals surface area contributed by atoms with Crippen LogP contribution in [0.15, 0.2) is 54.6 Å². The smallest absolute Gasteiger partial charge is 0.292 e. The van der Waals surface area contributed by atoms with Gasteiger partial charge in [0.2, 0.25) is 0 Å². The molecule has 3 rings (SSSR count). The van der Waals surface area contributed by atoms with Gasteiger partial charge in [-0.05, 0) is 25.5 Å². The fraction of sp³-hybridized carbons (Fsp3) is 0.158. The molecule has 2 N–H and O–H groups in total. The molecule has 1 heterocycles. The van der Waals surface area contributed by atoms with Gasteiger partial charge >= 0.3 is 0 Å². The molecule has 0 saturated heterocycles. The van der Waals surface area contributed by atoms with E-state index in [0.29, 0.717) is 11.3 Å². The molecule has 1 atom stereocenters. The highest BCUT2D eigenvalue weighted by Gasteiger charge is 2.23. The zero-order chi connectivity index (χ0) is 16.4. The summed E-state index contributed by atoms with van der Waals surface area (Å²) < 4.78 is 0. The summed E-state index contributed by atoms with van der Waals surface area (Å²) in [6, 6.07) is 16.8. The summed E-state index contributed by atoms with van der Waals surface area (Å²) >= 11 is 0. The number of amides is 1. The van der Waals surface area contributed by atoms with Gasteiger partial charge < -0.3 is 10.3 Å². The van der Waals surface area contributed by atoms with Crippen LogP contribution in [0, 0.1) is 6.92 Å².